The molecule has 2 N–H and O–H groups in total. The number of nitrogens with one attached hydrogen (secondary N) is 2. The molecule has 0 aliphatic rings. The third-order valence-electron chi connectivity index (χ3n) is 2.14. The lowest BCUT2D eigenvalue weighted by atomic mass is 10.3. The number of hydrogen-bond acceptors (Lipinski definition) is 6. The lowest BCUT2D eigenvalue weighted by molar-refractivity contribution is 0.388. The fourth-order valence-electron chi connectivity index (χ4n) is 1.41. The molecule has 0 atom stereocenters. The summed E-state index contributed by atoms with van der Waals surface area (Å²) in [6.45, 7) is 5.18. The Hall–Kier alpha value is -2.11. The summed E-state index contributed by atoms with van der Waals surface area (Å²) >= 11 is 0. The number of rotatable bonds is 5. The highest BCUT2D eigenvalue weighted by molar-refractivity contribution is 5.51. The molecule has 0 aliphatic carbocycles. The zero-order chi connectivity index (χ0) is 12.1. The van der Waals surface area contributed by atoms with Gasteiger partial charge in [-0.3, -0.25) is 0 Å². The van der Waals surface area contributed by atoms with Crippen LogP contribution in [0.5, 0.6) is 0 Å². The van der Waals surface area contributed by atoms with Gasteiger partial charge in [0, 0.05) is 31.4 Å². The first-order valence-electron chi connectivity index (χ1n) is 5.51. The molecular formula is C11H15N5O. The van der Waals surface area contributed by atoms with Gasteiger partial charge in [0.1, 0.15) is 5.82 Å². The largest absolute Gasteiger partial charge is 0.377 e. The minimum Gasteiger partial charge on any atom is -0.377 e. The molecule has 0 radical (unpaired) electrons. The van der Waals surface area contributed by atoms with E-state index < -0.39 is 0 Å². The number of hydrogen-bond donors (Lipinski definition) is 2. The van der Waals surface area contributed by atoms with Crippen molar-refractivity contribution >= 4 is 11.5 Å². The number of aromatic nitrogens is 3. The maximum absolute atomic E-state index is 4.89. The fraction of sp³-hybridized carbons (Fsp3) is 0.364. The summed E-state index contributed by atoms with van der Waals surface area (Å²) in [4.78, 5) is 8.30. The van der Waals surface area contributed by atoms with E-state index in [-0.39, 0.29) is 0 Å². The lowest BCUT2D eigenvalue weighted by Gasteiger charge is -2.06. The predicted molar refractivity (Wildman–Crippen MR) is 64.8 cm³/mol. The van der Waals surface area contributed by atoms with E-state index in [9.17, 15) is 0 Å². The van der Waals surface area contributed by atoms with Gasteiger partial charge in [-0.1, -0.05) is 5.16 Å². The van der Waals surface area contributed by atoms with E-state index in [0.717, 1.165) is 18.1 Å². The third-order valence-corrected chi connectivity index (χ3v) is 2.14. The minimum absolute atomic E-state index is 0.535. The molecule has 2 aromatic rings. The van der Waals surface area contributed by atoms with Crippen molar-refractivity contribution in [2.75, 3.05) is 17.2 Å². The topological polar surface area (TPSA) is 75.9 Å². The van der Waals surface area contributed by atoms with Gasteiger partial charge in [-0.15, -0.1) is 0 Å². The molecule has 0 aliphatic heterocycles. The molecule has 2 heterocycles. The second-order valence-electron chi connectivity index (χ2n) is 3.54. The summed E-state index contributed by atoms with van der Waals surface area (Å²) in [5, 5.41) is 10.2. The molecule has 0 amide bonds. The van der Waals surface area contributed by atoms with Crippen molar-refractivity contribution in [1.82, 2.24) is 15.1 Å². The average Bonchev–Trinajstić information content (AvgIpc) is 2.74. The van der Waals surface area contributed by atoms with Gasteiger partial charge in [-0.2, -0.15) is 4.98 Å². The van der Waals surface area contributed by atoms with E-state index in [1.165, 1.54) is 0 Å². The SMILES string of the molecule is CCNc1cc(NCc2noc(C)n2)ccn1. The zero-order valence-electron chi connectivity index (χ0n) is 9.90. The van der Waals surface area contributed by atoms with Crippen molar-refractivity contribution in [2.24, 2.45) is 0 Å². The molecule has 0 bridgehead atoms. The van der Waals surface area contributed by atoms with Crippen LogP contribution in [0, 0.1) is 6.92 Å². The molecule has 0 aromatic carbocycles. The van der Waals surface area contributed by atoms with Crippen LogP contribution < -0.4 is 10.6 Å². The van der Waals surface area contributed by atoms with Crippen molar-refractivity contribution in [3.63, 3.8) is 0 Å². The average molecular weight is 233 g/mol. The molecule has 0 fully saturated rings. The van der Waals surface area contributed by atoms with Crippen LogP contribution in [-0.2, 0) is 6.54 Å². The smallest absolute Gasteiger partial charge is 0.223 e. The predicted octanol–water partition coefficient (Wildman–Crippen LogP) is 1.82. The van der Waals surface area contributed by atoms with Crippen molar-refractivity contribution in [3.05, 3.63) is 30.0 Å². The Kier molecular flexibility index (Phi) is 3.54. The molecule has 2 aromatic heterocycles. The Morgan fingerprint density at radius 1 is 1.35 bits per heavy atom. The number of pyridine rings is 1. The van der Waals surface area contributed by atoms with Gasteiger partial charge in [0.15, 0.2) is 5.82 Å². The Bertz CT molecular complexity index is 482. The maximum atomic E-state index is 4.89. The van der Waals surface area contributed by atoms with Crippen LogP contribution in [0.15, 0.2) is 22.9 Å². The van der Waals surface area contributed by atoms with E-state index in [2.05, 4.69) is 25.8 Å². The second kappa shape index (κ2) is 5.29. The molecule has 6 heteroatoms. The van der Waals surface area contributed by atoms with E-state index in [1.807, 2.05) is 19.1 Å². The van der Waals surface area contributed by atoms with Gasteiger partial charge < -0.3 is 15.2 Å². The van der Waals surface area contributed by atoms with Gasteiger partial charge in [0.2, 0.25) is 5.89 Å². The first kappa shape index (κ1) is 11.4. The molecule has 90 valence electrons. The van der Waals surface area contributed by atoms with E-state index in [1.54, 1.807) is 13.1 Å². The normalized spacial score (nSPS) is 10.2. The first-order valence-corrected chi connectivity index (χ1v) is 5.51. The monoisotopic (exact) mass is 233 g/mol. The Labute approximate surface area is 99.5 Å². The molecular weight excluding hydrogens is 218 g/mol. The quantitative estimate of drug-likeness (QED) is 0.820. The zero-order valence-corrected chi connectivity index (χ0v) is 9.90. The van der Waals surface area contributed by atoms with Gasteiger partial charge in [0.05, 0.1) is 6.54 Å². The van der Waals surface area contributed by atoms with Crippen molar-refractivity contribution in [2.45, 2.75) is 20.4 Å². The van der Waals surface area contributed by atoms with Gasteiger partial charge in [0.25, 0.3) is 0 Å². The van der Waals surface area contributed by atoms with Crippen molar-refractivity contribution in [1.29, 1.82) is 0 Å². The molecule has 6 nitrogen and oxygen atoms in total. The van der Waals surface area contributed by atoms with Gasteiger partial charge in [-0.05, 0) is 13.0 Å². The maximum Gasteiger partial charge on any atom is 0.223 e. The van der Waals surface area contributed by atoms with Crippen molar-refractivity contribution in [3.8, 4) is 0 Å². The summed E-state index contributed by atoms with van der Waals surface area (Å²) < 4.78 is 4.89. The molecule has 0 unspecified atom stereocenters. The fourth-order valence-corrected chi connectivity index (χ4v) is 1.41. The number of anilines is 2. The minimum atomic E-state index is 0.535. The van der Waals surface area contributed by atoms with Gasteiger partial charge >= 0.3 is 0 Å². The summed E-state index contributed by atoms with van der Waals surface area (Å²) in [7, 11) is 0. The van der Waals surface area contributed by atoms with Crippen molar-refractivity contribution < 1.29 is 4.52 Å². The van der Waals surface area contributed by atoms with Crippen LogP contribution in [0.3, 0.4) is 0 Å². The summed E-state index contributed by atoms with van der Waals surface area (Å²) in [6, 6.07) is 3.84. The standard InChI is InChI=1S/C11H15N5O/c1-3-12-10-6-9(4-5-13-10)14-7-11-15-8(2)17-16-11/h4-6H,3,7H2,1-2H3,(H2,12,13,14). The summed E-state index contributed by atoms with van der Waals surface area (Å²) in [6.07, 6.45) is 1.75. The molecule has 0 spiro atoms. The first-order chi connectivity index (χ1) is 8.28. The van der Waals surface area contributed by atoms with Crippen LogP contribution in [-0.4, -0.2) is 21.7 Å². The third kappa shape index (κ3) is 3.17. The van der Waals surface area contributed by atoms with Crippen LogP contribution in [0.2, 0.25) is 0 Å². The van der Waals surface area contributed by atoms with Crippen LogP contribution >= 0.6 is 0 Å². The summed E-state index contributed by atoms with van der Waals surface area (Å²) in [5.41, 5.74) is 0.971. The molecule has 0 saturated heterocycles. The number of nitrogens with zero attached hydrogens (tertiary/aromatic N) is 3. The Morgan fingerprint density at radius 3 is 2.94 bits per heavy atom. The van der Waals surface area contributed by atoms with Gasteiger partial charge in [-0.25, -0.2) is 4.98 Å². The summed E-state index contributed by atoms with van der Waals surface area (Å²) in [5.74, 6) is 2.07. The Morgan fingerprint density at radius 2 is 2.24 bits per heavy atom. The highest BCUT2D eigenvalue weighted by Crippen LogP contribution is 2.12. The second-order valence-corrected chi connectivity index (χ2v) is 3.54. The molecule has 2 rings (SSSR count). The van der Waals surface area contributed by atoms with E-state index >= 15 is 0 Å². The van der Waals surface area contributed by atoms with E-state index in [0.29, 0.717) is 18.3 Å². The van der Waals surface area contributed by atoms with Crippen LogP contribution in [0.4, 0.5) is 11.5 Å². The highest BCUT2D eigenvalue weighted by atomic mass is 16.5. The number of aryl methyl sites for hydroxylation is 1. The lowest BCUT2D eigenvalue weighted by Crippen LogP contribution is -2.03. The van der Waals surface area contributed by atoms with Crippen LogP contribution in [0.25, 0.3) is 0 Å². The van der Waals surface area contributed by atoms with E-state index in [4.69, 9.17) is 4.52 Å². The Balaban J connectivity index is 1.96. The highest BCUT2D eigenvalue weighted by Gasteiger charge is 2.02. The molecule has 0 saturated carbocycles. The molecule has 17 heavy (non-hydrogen) atoms. The van der Waals surface area contributed by atoms with Crippen LogP contribution in [0.1, 0.15) is 18.6 Å².